The zero-order valence-corrected chi connectivity index (χ0v) is 14.2. The molecule has 6 nitrogen and oxygen atoms in total. The Labute approximate surface area is 150 Å². The van der Waals surface area contributed by atoms with Crippen LogP contribution in [0.25, 0.3) is 22.0 Å². The molecule has 3 aromatic rings. The van der Waals surface area contributed by atoms with Gasteiger partial charge in [0.05, 0.1) is 5.52 Å². The van der Waals surface area contributed by atoms with Crippen LogP contribution in [0.1, 0.15) is 18.6 Å². The lowest BCUT2D eigenvalue weighted by atomic mass is 9.89. The zero-order valence-electron chi connectivity index (χ0n) is 14.2. The number of hydrogen-bond acceptors (Lipinski definition) is 5. The van der Waals surface area contributed by atoms with E-state index >= 15 is 0 Å². The first-order chi connectivity index (χ1) is 12.4. The lowest BCUT2D eigenvalue weighted by molar-refractivity contribution is -0.132. The second-order valence-corrected chi connectivity index (χ2v) is 6.32. The van der Waals surface area contributed by atoms with Crippen LogP contribution in [0.15, 0.2) is 60.8 Å². The van der Waals surface area contributed by atoms with Gasteiger partial charge in [-0.05, 0) is 30.2 Å². The third-order valence-corrected chi connectivity index (χ3v) is 4.40. The lowest BCUT2D eigenvalue weighted by Gasteiger charge is -2.28. The number of nitrogens with one attached hydrogen (secondary N) is 1. The highest BCUT2D eigenvalue weighted by Gasteiger charge is 2.37. The number of imide groups is 1. The molecule has 1 heterocycles. The van der Waals surface area contributed by atoms with E-state index in [2.05, 4.69) is 4.98 Å². The largest absolute Gasteiger partial charge is 0.386 e. The van der Waals surface area contributed by atoms with E-state index in [1.807, 2.05) is 47.8 Å². The van der Waals surface area contributed by atoms with Crippen molar-refractivity contribution in [3.05, 3.63) is 66.4 Å². The molecular formula is C20H19N3O3. The number of aromatic nitrogens is 1. The van der Waals surface area contributed by atoms with Crippen LogP contribution in [0.3, 0.4) is 0 Å². The van der Waals surface area contributed by atoms with Gasteiger partial charge in [-0.1, -0.05) is 42.5 Å². The number of amides is 2. The molecule has 1 aromatic heterocycles. The maximum Gasteiger partial charge on any atom is 0.249 e. The molecule has 6 heteroatoms. The Morgan fingerprint density at radius 1 is 1.19 bits per heavy atom. The van der Waals surface area contributed by atoms with Gasteiger partial charge in [0, 0.05) is 17.1 Å². The van der Waals surface area contributed by atoms with Crippen LogP contribution in [0.2, 0.25) is 0 Å². The summed E-state index contributed by atoms with van der Waals surface area (Å²) in [4.78, 5) is 26.7. The fraction of sp³-hybridized carbons (Fsp3) is 0.150. The van der Waals surface area contributed by atoms with E-state index in [0.29, 0.717) is 5.56 Å². The summed E-state index contributed by atoms with van der Waals surface area (Å²) in [5.41, 5.74) is 7.54. The van der Waals surface area contributed by atoms with Crippen molar-refractivity contribution in [3.8, 4) is 11.1 Å². The molecule has 0 bridgehead atoms. The number of nitrogens with two attached hydrogens (primary N) is 1. The number of benzene rings is 2. The van der Waals surface area contributed by atoms with Gasteiger partial charge < -0.3 is 10.8 Å². The maximum atomic E-state index is 11.9. The number of hydrogen-bond donors (Lipinski definition) is 3. The fourth-order valence-electron chi connectivity index (χ4n) is 2.77. The molecule has 0 radical (unpaired) electrons. The minimum Gasteiger partial charge on any atom is -0.386 e. The van der Waals surface area contributed by atoms with E-state index < -0.39 is 17.6 Å². The minimum atomic E-state index is -1.63. The van der Waals surface area contributed by atoms with Crippen molar-refractivity contribution in [1.29, 1.82) is 0 Å². The molecule has 0 saturated heterocycles. The molecule has 0 saturated carbocycles. The van der Waals surface area contributed by atoms with Gasteiger partial charge >= 0.3 is 0 Å². The van der Waals surface area contributed by atoms with Crippen LogP contribution in [-0.2, 0) is 9.59 Å². The molecule has 2 amide bonds. The molecule has 2 aromatic carbocycles. The average Bonchev–Trinajstić information content (AvgIpc) is 2.67. The van der Waals surface area contributed by atoms with E-state index in [9.17, 15) is 14.7 Å². The van der Waals surface area contributed by atoms with Crippen molar-refractivity contribution in [2.45, 2.75) is 18.6 Å². The van der Waals surface area contributed by atoms with Crippen molar-refractivity contribution in [2.75, 3.05) is 0 Å². The number of para-hydroxylation sites is 1. The van der Waals surface area contributed by atoms with Gasteiger partial charge in [-0.25, -0.2) is 0 Å². The second kappa shape index (κ2) is 7.03. The van der Waals surface area contributed by atoms with Crippen LogP contribution in [0.5, 0.6) is 0 Å². The molecule has 3 rings (SSSR count). The summed E-state index contributed by atoms with van der Waals surface area (Å²) >= 11 is 0. The third kappa shape index (κ3) is 3.33. The highest BCUT2D eigenvalue weighted by atomic mass is 16.3. The van der Waals surface area contributed by atoms with Crippen molar-refractivity contribution in [1.82, 2.24) is 10.3 Å². The monoisotopic (exact) mass is 349 g/mol. The van der Waals surface area contributed by atoms with Gasteiger partial charge in [0.1, 0.15) is 11.6 Å². The Morgan fingerprint density at radius 2 is 1.88 bits per heavy atom. The molecule has 0 aliphatic carbocycles. The first kappa shape index (κ1) is 17.7. The Hall–Kier alpha value is -3.09. The molecular weight excluding hydrogens is 330 g/mol. The quantitative estimate of drug-likeness (QED) is 0.610. The highest BCUT2D eigenvalue weighted by Crippen LogP contribution is 2.28. The predicted octanol–water partition coefficient (Wildman–Crippen LogP) is 1.93. The molecule has 2 unspecified atom stereocenters. The SMILES string of the molecule is CC(N)(C(=O)NC=O)C(O)c1ccc(-c2cnc3ccccc3c2)cc1. The Bertz CT molecular complexity index is 952. The number of carbonyl (C=O) groups excluding carboxylic acids is 2. The van der Waals surface area contributed by atoms with Crippen LogP contribution in [-0.4, -0.2) is 27.9 Å². The topological polar surface area (TPSA) is 105 Å². The first-order valence-electron chi connectivity index (χ1n) is 8.10. The van der Waals surface area contributed by atoms with Gasteiger partial charge in [0.25, 0.3) is 0 Å². The summed E-state index contributed by atoms with van der Waals surface area (Å²) in [6.07, 6.45) is 0.778. The van der Waals surface area contributed by atoms with E-state index in [-0.39, 0.29) is 6.41 Å². The third-order valence-electron chi connectivity index (χ3n) is 4.40. The number of fused-ring (bicyclic) bond motifs is 1. The Morgan fingerprint density at radius 3 is 2.58 bits per heavy atom. The summed E-state index contributed by atoms with van der Waals surface area (Å²) in [6.45, 7) is 1.37. The van der Waals surface area contributed by atoms with Crippen LogP contribution in [0.4, 0.5) is 0 Å². The van der Waals surface area contributed by atoms with Crippen molar-refractivity contribution in [2.24, 2.45) is 5.73 Å². The lowest BCUT2D eigenvalue weighted by Crippen LogP contribution is -2.55. The van der Waals surface area contributed by atoms with Crippen LogP contribution < -0.4 is 11.1 Å². The Balaban J connectivity index is 1.87. The smallest absolute Gasteiger partial charge is 0.249 e. The van der Waals surface area contributed by atoms with Gasteiger partial charge in [-0.3, -0.25) is 19.9 Å². The van der Waals surface area contributed by atoms with Crippen molar-refractivity contribution >= 4 is 23.2 Å². The Kier molecular flexibility index (Phi) is 4.79. The normalized spacial score (nSPS) is 14.4. The number of aliphatic hydroxyl groups is 1. The number of nitrogens with zero attached hydrogens (tertiary/aromatic N) is 1. The van der Waals surface area contributed by atoms with Gasteiger partial charge in [0.2, 0.25) is 12.3 Å². The van der Waals surface area contributed by atoms with Crippen LogP contribution >= 0.6 is 0 Å². The average molecular weight is 349 g/mol. The van der Waals surface area contributed by atoms with Gasteiger partial charge in [0.15, 0.2) is 0 Å². The summed E-state index contributed by atoms with van der Waals surface area (Å²) < 4.78 is 0. The summed E-state index contributed by atoms with van der Waals surface area (Å²) in [6, 6.07) is 17.0. The molecule has 26 heavy (non-hydrogen) atoms. The molecule has 2 atom stereocenters. The summed E-state index contributed by atoms with van der Waals surface area (Å²) in [5.74, 6) is -0.747. The fourth-order valence-corrected chi connectivity index (χ4v) is 2.77. The number of aliphatic hydroxyl groups excluding tert-OH is 1. The maximum absolute atomic E-state index is 11.9. The zero-order chi connectivity index (χ0) is 18.7. The standard InChI is InChI=1S/C20H19N3O3/c1-20(21,19(26)23-12-24)18(25)14-8-6-13(7-9-14)16-10-15-4-2-3-5-17(15)22-11-16/h2-12,18,25H,21H2,1H3,(H,23,24,26). The molecule has 132 valence electrons. The molecule has 0 fully saturated rings. The van der Waals surface area contributed by atoms with E-state index in [0.717, 1.165) is 22.0 Å². The minimum absolute atomic E-state index is 0.246. The van der Waals surface area contributed by atoms with E-state index in [1.54, 1.807) is 18.3 Å². The van der Waals surface area contributed by atoms with Crippen LogP contribution in [0, 0.1) is 0 Å². The van der Waals surface area contributed by atoms with E-state index in [4.69, 9.17) is 5.73 Å². The van der Waals surface area contributed by atoms with E-state index in [1.165, 1.54) is 6.92 Å². The molecule has 0 spiro atoms. The molecule has 4 N–H and O–H groups in total. The number of pyridine rings is 1. The number of carbonyl (C=O) groups is 2. The van der Waals surface area contributed by atoms with Gasteiger partial charge in [-0.2, -0.15) is 0 Å². The highest BCUT2D eigenvalue weighted by molar-refractivity contribution is 5.93. The first-order valence-corrected chi connectivity index (χ1v) is 8.10. The van der Waals surface area contributed by atoms with Crippen molar-refractivity contribution < 1.29 is 14.7 Å². The predicted molar refractivity (Wildman–Crippen MR) is 98.9 cm³/mol. The van der Waals surface area contributed by atoms with Crippen molar-refractivity contribution in [3.63, 3.8) is 0 Å². The second-order valence-electron chi connectivity index (χ2n) is 6.32. The summed E-state index contributed by atoms with van der Waals surface area (Å²) in [5, 5.41) is 13.4. The van der Waals surface area contributed by atoms with Gasteiger partial charge in [-0.15, -0.1) is 0 Å². The molecule has 0 aliphatic heterocycles. The molecule has 0 aliphatic rings. The summed E-state index contributed by atoms with van der Waals surface area (Å²) in [7, 11) is 0. The number of rotatable bonds is 5.